The van der Waals surface area contributed by atoms with Gasteiger partial charge in [0.05, 0.1) is 26.5 Å². The maximum absolute atomic E-state index is 14.0. The van der Waals surface area contributed by atoms with Crippen molar-refractivity contribution in [2.45, 2.75) is 13.0 Å². The van der Waals surface area contributed by atoms with Crippen LogP contribution in [0.25, 0.3) is 0 Å². The maximum Gasteiger partial charge on any atom is 0.165 e. The zero-order chi connectivity index (χ0) is 15.4. The fourth-order valence-corrected chi connectivity index (χ4v) is 2.35. The maximum atomic E-state index is 14.0. The second kappa shape index (κ2) is 6.58. The number of hydrogen-bond donors (Lipinski definition) is 1. The lowest BCUT2D eigenvalue weighted by atomic mass is 10.0. The van der Waals surface area contributed by atoms with Gasteiger partial charge in [-0.05, 0) is 24.2 Å². The summed E-state index contributed by atoms with van der Waals surface area (Å²) >= 11 is 0. The van der Waals surface area contributed by atoms with E-state index in [2.05, 4.69) is 10.4 Å². The molecule has 6 heteroatoms. The summed E-state index contributed by atoms with van der Waals surface area (Å²) in [7, 11) is 4.88. The third-order valence-corrected chi connectivity index (χ3v) is 3.36. The van der Waals surface area contributed by atoms with Crippen LogP contribution in [0.3, 0.4) is 0 Å². The Morgan fingerprint density at radius 2 is 2.00 bits per heavy atom. The Hall–Kier alpha value is -2.08. The van der Waals surface area contributed by atoms with Crippen LogP contribution in [0.5, 0.6) is 11.5 Å². The van der Waals surface area contributed by atoms with Gasteiger partial charge in [0.15, 0.2) is 17.3 Å². The topological polar surface area (TPSA) is 48.3 Å². The van der Waals surface area contributed by atoms with Crippen LogP contribution < -0.4 is 14.8 Å². The fourth-order valence-electron chi connectivity index (χ4n) is 2.35. The molecule has 0 spiro atoms. The molecule has 0 radical (unpaired) electrons. The number of aryl methyl sites for hydroxylation is 1. The Balaban J connectivity index is 2.48. The van der Waals surface area contributed by atoms with Crippen molar-refractivity contribution in [1.29, 1.82) is 0 Å². The average Bonchev–Trinajstić information content (AvgIpc) is 2.85. The molecular formula is C15H20FN3O2. The van der Waals surface area contributed by atoms with Crippen molar-refractivity contribution in [3.05, 3.63) is 41.5 Å². The first kappa shape index (κ1) is 15.3. The highest BCUT2D eigenvalue weighted by molar-refractivity contribution is 5.39. The molecule has 1 aromatic carbocycles. The zero-order valence-electron chi connectivity index (χ0n) is 12.7. The highest BCUT2D eigenvalue weighted by Gasteiger charge is 2.22. The Bertz CT molecular complexity index is 613. The van der Waals surface area contributed by atoms with Crippen LogP contribution in [0.15, 0.2) is 24.4 Å². The number of hydrogen-bond acceptors (Lipinski definition) is 4. The Kier molecular flexibility index (Phi) is 4.80. The Morgan fingerprint density at radius 1 is 1.29 bits per heavy atom. The molecule has 0 aliphatic heterocycles. The summed E-state index contributed by atoms with van der Waals surface area (Å²) in [5, 5.41) is 7.54. The molecular weight excluding hydrogens is 273 g/mol. The first-order chi connectivity index (χ1) is 10.1. The molecule has 0 aliphatic rings. The van der Waals surface area contributed by atoms with Crippen LogP contribution in [0.2, 0.25) is 0 Å². The van der Waals surface area contributed by atoms with Gasteiger partial charge in [0.25, 0.3) is 0 Å². The summed E-state index contributed by atoms with van der Waals surface area (Å²) in [5.74, 6) is 0.504. The number of methoxy groups -OCH3 is 2. The second-order valence-electron chi connectivity index (χ2n) is 4.61. The molecule has 1 heterocycles. The lowest BCUT2D eigenvalue weighted by Crippen LogP contribution is -2.25. The summed E-state index contributed by atoms with van der Waals surface area (Å²) in [6.45, 7) is 2.72. The van der Waals surface area contributed by atoms with Gasteiger partial charge >= 0.3 is 0 Å². The molecule has 0 fully saturated rings. The van der Waals surface area contributed by atoms with Gasteiger partial charge in [0.2, 0.25) is 0 Å². The molecule has 1 unspecified atom stereocenters. The lowest BCUT2D eigenvalue weighted by Gasteiger charge is -2.20. The lowest BCUT2D eigenvalue weighted by molar-refractivity contribution is 0.385. The molecule has 0 saturated carbocycles. The van der Waals surface area contributed by atoms with Crippen molar-refractivity contribution in [1.82, 2.24) is 15.1 Å². The monoisotopic (exact) mass is 293 g/mol. The van der Waals surface area contributed by atoms with Crippen molar-refractivity contribution in [2.75, 3.05) is 20.8 Å². The molecule has 21 heavy (non-hydrogen) atoms. The summed E-state index contributed by atoms with van der Waals surface area (Å²) in [5.41, 5.74) is 1.64. The van der Waals surface area contributed by atoms with Crippen molar-refractivity contribution in [3.63, 3.8) is 0 Å². The van der Waals surface area contributed by atoms with Gasteiger partial charge in [-0.25, -0.2) is 4.39 Å². The number of rotatable bonds is 6. The molecule has 2 rings (SSSR count). The molecule has 5 nitrogen and oxygen atoms in total. The van der Waals surface area contributed by atoms with E-state index in [1.807, 2.05) is 20.0 Å². The standard InChI is InChI=1S/C15H20FN3O2/c1-5-17-14(15-13(21-4)9-18-19(15)2)10-6-7-12(20-3)11(16)8-10/h6-9,14,17H,5H2,1-4H3. The minimum absolute atomic E-state index is 0.210. The van der Waals surface area contributed by atoms with E-state index in [1.165, 1.54) is 13.2 Å². The molecule has 0 saturated heterocycles. The van der Waals surface area contributed by atoms with E-state index in [-0.39, 0.29) is 17.6 Å². The summed E-state index contributed by atoms with van der Waals surface area (Å²) in [4.78, 5) is 0. The van der Waals surface area contributed by atoms with Crippen LogP contribution in [0.4, 0.5) is 4.39 Å². The van der Waals surface area contributed by atoms with Gasteiger partial charge in [-0.3, -0.25) is 4.68 Å². The minimum atomic E-state index is -0.390. The van der Waals surface area contributed by atoms with E-state index in [4.69, 9.17) is 9.47 Å². The first-order valence-electron chi connectivity index (χ1n) is 6.75. The van der Waals surface area contributed by atoms with Crippen LogP contribution in [0, 0.1) is 5.82 Å². The predicted molar refractivity (Wildman–Crippen MR) is 78.2 cm³/mol. The Labute approximate surface area is 123 Å². The number of ether oxygens (including phenoxy) is 2. The highest BCUT2D eigenvalue weighted by atomic mass is 19.1. The van der Waals surface area contributed by atoms with Crippen LogP contribution in [0.1, 0.15) is 24.2 Å². The van der Waals surface area contributed by atoms with E-state index in [1.54, 1.807) is 24.1 Å². The second-order valence-corrected chi connectivity index (χ2v) is 4.61. The summed E-state index contributed by atoms with van der Waals surface area (Å²) in [6, 6.07) is 4.72. The van der Waals surface area contributed by atoms with Gasteiger partial charge in [0, 0.05) is 7.05 Å². The van der Waals surface area contributed by atoms with E-state index in [0.29, 0.717) is 5.75 Å². The van der Waals surface area contributed by atoms with Gasteiger partial charge in [0.1, 0.15) is 5.69 Å². The zero-order valence-corrected chi connectivity index (χ0v) is 12.7. The Morgan fingerprint density at radius 3 is 2.57 bits per heavy atom. The molecule has 2 aromatic rings. The average molecular weight is 293 g/mol. The number of nitrogens with zero attached hydrogens (tertiary/aromatic N) is 2. The molecule has 1 N–H and O–H groups in total. The number of halogens is 1. The quantitative estimate of drug-likeness (QED) is 0.887. The van der Waals surface area contributed by atoms with Crippen molar-refractivity contribution < 1.29 is 13.9 Å². The number of benzene rings is 1. The van der Waals surface area contributed by atoms with E-state index in [9.17, 15) is 4.39 Å². The van der Waals surface area contributed by atoms with E-state index < -0.39 is 0 Å². The van der Waals surface area contributed by atoms with Crippen LogP contribution >= 0.6 is 0 Å². The number of nitrogens with one attached hydrogen (secondary N) is 1. The van der Waals surface area contributed by atoms with Crippen LogP contribution in [-0.2, 0) is 7.05 Å². The van der Waals surface area contributed by atoms with Crippen molar-refractivity contribution in [3.8, 4) is 11.5 Å². The van der Waals surface area contributed by atoms with Gasteiger partial charge in [-0.1, -0.05) is 13.0 Å². The summed E-state index contributed by atoms with van der Waals surface area (Å²) in [6.07, 6.45) is 1.65. The van der Waals surface area contributed by atoms with Gasteiger partial charge in [-0.2, -0.15) is 5.10 Å². The van der Waals surface area contributed by atoms with Gasteiger partial charge in [-0.15, -0.1) is 0 Å². The molecule has 1 aromatic heterocycles. The smallest absolute Gasteiger partial charge is 0.165 e. The number of aromatic nitrogens is 2. The third-order valence-electron chi connectivity index (χ3n) is 3.36. The molecule has 0 bridgehead atoms. The van der Waals surface area contributed by atoms with E-state index in [0.717, 1.165) is 17.8 Å². The molecule has 114 valence electrons. The van der Waals surface area contributed by atoms with E-state index >= 15 is 0 Å². The largest absolute Gasteiger partial charge is 0.494 e. The van der Waals surface area contributed by atoms with Crippen molar-refractivity contribution >= 4 is 0 Å². The highest BCUT2D eigenvalue weighted by Crippen LogP contribution is 2.31. The first-order valence-corrected chi connectivity index (χ1v) is 6.75. The summed E-state index contributed by atoms with van der Waals surface area (Å²) < 4.78 is 26.0. The van der Waals surface area contributed by atoms with Gasteiger partial charge < -0.3 is 14.8 Å². The molecule has 1 atom stereocenters. The minimum Gasteiger partial charge on any atom is -0.494 e. The predicted octanol–water partition coefficient (Wildman–Crippen LogP) is 2.28. The normalized spacial score (nSPS) is 12.2. The molecule has 0 aliphatic carbocycles. The third kappa shape index (κ3) is 3.00. The fraction of sp³-hybridized carbons (Fsp3) is 0.400. The molecule has 0 amide bonds. The van der Waals surface area contributed by atoms with Crippen molar-refractivity contribution in [2.24, 2.45) is 7.05 Å². The SMILES string of the molecule is CCNC(c1ccc(OC)c(F)c1)c1c(OC)cnn1C. The van der Waals surface area contributed by atoms with Crippen LogP contribution in [-0.4, -0.2) is 30.5 Å².